The predicted octanol–water partition coefficient (Wildman–Crippen LogP) is 3.17. The summed E-state index contributed by atoms with van der Waals surface area (Å²) < 4.78 is 5.19. The molecular formula is C15H19N3O2. The van der Waals surface area contributed by atoms with E-state index in [1.54, 1.807) is 17.2 Å². The van der Waals surface area contributed by atoms with Gasteiger partial charge in [0.05, 0.1) is 0 Å². The quantitative estimate of drug-likeness (QED) is 0.858. The first-order chi connectivity index (χ1) is 9.54. The Labute approximate surface area is 118 Å². The van der Waals surface area contributed by atoms with E-state index < -0.39 is 0 Å². The van der Waals surface area contributed by atoms with Gasteiger partial charge in [0.2, 0.25) is 0 Å². The van der Waals surface area contributed by atoms with Gasteiger partial charge in [-0.15, -0.1) is 0 Å². The Bertz CT molecular complexity index is 605. The lowest BCUT2D eigenvalue weighted by molar-refractivity contribution is 0.0978. The molecule has 0 unspecified atom stereocenters. The molecule has 0 N–H and O–H groups in total. The highest BCUT2D eigenvalue weighted by Crippen LogP contribution is 2.20. The summed E-state index contributed by atoms with van der Waals surface area (Å²) in [5, 5.41) is 3.87. The molecule has 0 bridgehead atoms. The van der Waals surface area contributed by atoms with Crippen LogP contribution in [-0.2, 0) is 0 Å². The van der Waals surface area contributed by atoms with Gasteiger partial charge in [-0.1, -0.05) is 25.1 Å². The molecule has 2 rings (SSSR count). The Kier molecular flexibility index (Phi) is 4.17. The van der Waals surface area contributed by atoms with Crippen molar-refractivity contribution in [3.63, 3.8) is 0 Å². The van der Waals surface area contributed by atoms with Crippen LogP contribution in [0.1, 0.15) is 48.5 Å². The van der Waals surface area contributed by atoms with Crippen molar-refractivity contribution in [2.24, 2.45) is 0 Å². The molecule has 0 aliphatic rings. The van der Waals surface area contributed by atoms with Crippen LogP contribution in [0.2, 0.25) is 0 Å². The molecule has 5 heteroatoms. The van der Waals surface area contributed by atoms with Crippen LogP contribution in [0.5, 0.6) is 0 Å². The average molecular weight is 273 g/mol. The number of carbonyl (C=O) groups is 1. The Morgan fingerprint density at radius 1 is 1.45 bits per heavy atom. The fourth-order valence-corrected chi connectivity index (χ4v) is 1.95. The summed E-state index contributed by atoms with van der Waals surface area (Å²) in [4.78, 5) is 18.4. The third-order valence-electron chi connectivity index (χ3n) is 3.12. The first kappa shape index (κ1) is 14.2. The molecule has 20 heavy (non-hydrogen) atoms. The van der Waals surface area contributed by atoms with Crippen LogP contribution in [0.15, 0.2) is 28.9 Å². The zero-order chi connectivity index (χ0) is 14.7. The van der Waals surface area contributed by atoms with Gasteiger partial charge in [0.25, 0.3) is 5.91 Å². The molecule has 0 atom stereocenters. The average Bonchev–Trinajstić information content (AvgIpc) is 2.91. The smallest absolute Gasteiger partial charge is 0.281 e. The highest BCUT2D eigenvalue weighted by molar-refractivity contribution is 6.04. The maximum Gasteiger partial charge on any atom is 0.281 e. The highest BCUT2D eigenvalue weighted by Gasteiger charge is 2.22. The van der Waals surface area contributed by atoms with Crippen LogP contribution in [-0.4, -0.2) is 22.6 Å². The number of nitrogens with zero attached hydrogens (tertiary/aromatic N) is 3. The van der Waals surface area contributed by atoms with E-state index in [2.05, 4.69) is 10.1 Å². The Morgan fingerprint density at radius 2 is 2.20 bits per heavy atom. The normalized spacial score (nSPS) is 10.8. The molecule has 0 aliphatic carbocycles. The van der Waals surface area contributed by atoms with E-state index in [-0.39, 0.29) is 11.8 Å². The molecule has 1 amide bonds. The molecule has 0 aromatic carbocycles. The Hall–Kier alpha value is -2.17. The van der Waals surface area contributed by atoms with Crippen molar-refractivity contribution in [2.75, 3.05) is 11.4 Å². The van der Waals surface area contributed by atoms with Gasteiger partial charge in [-0.3, -0.25) is 9.69 Å². The first-order valence-corrected chi connectivity index (χ1v) is 6.74. The minimum absolute atomic E-state index is 0.190. The van der Waals surface area contributed by atoms with Crippen molar-refractivity contribution < 1.29 is 9.32 Å². The van der Waals surface area contributed by atoms with Gasteiger partial charge in [0.15, 0.2) is 5.69 Å². The Morgan fingerprint density at radius 3 is 2.75 bits per heavy atom. The van der Waals surface area contributed by atoms with Crippen LogP contribution >= 0.6 is 0 Å². The van der Waals surface area contributed by atoms with Crippen molar-refractivity contribution in [2.45, 2.75) is 33.6 Å². The molecule has 2 heterocycles. The van der Waals surface area contributed by atoms with Crippen molar-refractivity contribution in [3.05, 3.63) is 41.4 Å². The first-order valence-electron chi connectivity index (χ1n) is 6.74. The maximum absolute atomic E-state index is 12.5. The summed E-state index contributed by atoms with van der Waals surface area (Å²) in [5.41, 5.74) is 1.27. The number of hydrogen-bond donors (Lipinski definition) is 0. The summed E-state index contributed by atoms with van der Waals surface area (Å²) in [6.45, 7) is 8.36. The molecule has 0 aliphatic heterocycles. The van der Waals surface area contributed by atoms with Crippen molar-refractivity contribution in [1.82, 2.24) is 10.1 Å². The molecule has 0 spiro atoms. The standard InChI is InChI=1S/C15H19N3O2/c1-5-18(14-11(4)7-6-8-16-14)15(19)12-9-13(10(2)3)20-17-12/h6-10H,5H2,1-4H3. The second-order valence-electron chi connectivity index (χ2n) is 4.96. The fourth-order valence-electron chi connectivity index (χ4n) is 1.95. The zero-order valence-electron chi connectivity index (χ0n) is 12.3. The van der Waals surface area contributed by atoms with Gasteiger partial charge < -0.3 is 4.52 Å². The minimum Gasteiger partial charge on any atom is -0.360 e. The van der Waals surface area contributed by atoms with E-state index in [0.29, 0.717) is 23.8 Å². The number of aromatic nitrogens is 2. The molecule has 0 saturated carbocycles. The number of carbonyl (C=O) groups excluding carboxylic acids is 1. The molecule has 2 aromatic heterocycles. The van der Waals surface area contributed by atoms with Gasteiger partial charge in [-0.25, -0.2) is 4.98 Å². The fraction of sp³-hybridized carbons (Fsp3) is 0.400. The second kappa shape index (κ2) is 5.86. The molecule has 0 radical (unpaired) electrons. The minimum atomic E-state index is -0.190. The van der Waals surface area contributed by atoms with Crippen molar-refractivity contribution >= 4 is 11.7 Å². The van der Waals surface area contributed by atoms with E-state index >= 15 is 0 Å². The second-order valence-corrected chi connectivity index (χ2v) is 4.96. The molecule has 106 valence electrons. The number of pyridine rings is 1. The summed E-state index contributed by atoms with van der Waals surface area (Å²) in [5.74, 6) is 1.39. The highest BCUT2D eigenvalue weighted by atomic mass is 16.5. The number of amides is 1. The number of aryl methyl sites for hydroxylation is 1. The van der Waals surface area contributed by atoms with Gasteiger partial charge in [0, 0.05) is 24.7 Å². The SMILES string of the molecule is CCN(C(=O)c1cc(C(C)C)on1)c1ncccc1C. The lowest BCUT2D eigenvalue weighted by Gasteiger charge is -2.20. The summed E-state index contributed by atoms with van der Waals surface area (Å²) in [6.07, 6.45) is 1.68. The van der Waals surface area contributed by atoms with Crippen LogP contribution < -0.4 is 4.90 Å². The van der Waals surface area contributed by atoms with Crippen LogP contribution in [0, 0.1) is 6.92 Å². The summed E-state index contributed by atoms with van der Waals surface area (Å²) >= 11 is 0. The van der Waals surface area contributed by atoms with Gasteiger partial charge in [0.1, 0.15) is 11.6 Å². The number of rotatable bonds is 4. The van der Waals surface area contributed by atoms with E-state index in [4.69, 9.17) is 4.52 Å². The molecule has 2 aromatic rings. The maximum atomic E-state index is 12.5. The van der Waals surface area contributed by atoms with Crippen molar-refractivity contribution in [3.8, 4) is 0 Å². The largest absolute Gasteiger partial charge is 0.360 e. The van der Waals surface area contributed by atoms with Crippen LogP contribution in [0.3, 0.4) is 0 Å². The number of hydrogen-bond acceptors (Lipinski definition) is 4. The summed E-state index contributed by atoms with van der Waals surface area (Å²) in [6, 6.07) is 5.48. The van der Waals surface area contributed by atoms with Gasteiger partial charge in [-0.05, 0) is 25.5 Å². The zero-order valence-corrected chi connectivity index (χ0v) is 12.3. The summed E-state index contributed by atoms with van der Waals surface area (Å²) in [7, 11) is 0. The topological polar surface area (TPSA) is 59.2 Å². The van der Waals surface area contributed by atoms with E-state index in [9.17, 15) is 4.79 Å². The predicted molar refractivity (Wildman–Crippen MR) is 76.9 cm³/mol. The van der Waals surface area contributed by atoms with Crippen LogP contribution in [0.25, 0.3) is 0 Å². The number of anilines is 1. The lowest BCUT2D eigenvalue weighted by atomic mass is 10.1. The molecule has 5 nitrogen and oxygen atoms in total. The lowest BCUT2D eigenvalue weighted by Crippen LogP contribution is -2.32. The molecule has 0 fully saturated rings. The third kappa shape index (κ3) is 2.71. The van der Waals surface area contributed by atoms with Gasteiger partial charge >= 0.3 is 0 Å². The molecular weight excluding hydrogens is 254 g/mol. The monoisotopic (exact) mass is 273 g/mol. The van der Waals surface area contributed by atoms with Gasteiger partial charge in [-0.2, -0.15) is 0 Å². The van der Waals surface area contributed by atoms with E-state index in [1.165, 1.54) is 0 Å². The van der Waals surface area contributed by atoms with Crippen LogP contribution in [0.4, 0.5) is 5.82 Å². The van der Waals surface area contributed by atoms with E-state index in [0.717, 1.165) is 5.56 Å². The third-order valence-corrected chi connectivity index (χ3v) is 3.12. The Balaban J connectivity index is 2.32. The van der Waals surface area contributed by atoms with E-state index in [1.807, 2.05) is 39.8 Å². The molecule has 0 saturated heterocycles. The van der Waals surface area contributed by atoms with Crippen molar-refractivity contribution in [1.29, 1.82) is 0 Å².